The Balaban J connectivity index is 1.37. The number of para-hydroxylation sites is 1. The zero-order valence-electron chi connectivity index (χ0n) is 21.3. The van der Waals surface area contributed by atoms with E-state index < -0.39 is 23.8 Å². The average Bonchev–Trinajstić information content (AvgIpc) is 3.42. The smallest absolute Gasteiger partial charge is 0.402 e. The molecule has 1 aliphatic heterocycles. The van der Waals surface area contributed by atoms with Crippen molar-refractivity contribution >= 4 is 23.3 Å². The van der Waals surface area contributed by atoms with Crippen LogP contribution >= 0.6 is 0 Å². The van der Waals surface area contributed by atoms with Crippen molar-refractivity contribution in [1.29, 1.82) is 0 Å². The zero-order chi connectivity index (χ0) is 29.3. The molecule has 0 aliphatic carbocycles. The highest BCUT2D eigenvalue weighted by atomic mass is 19.4. The van der Waals surface area contributed by atoms with E-state index in [1.54, 1.807) is 12.1 Å². The van der Waals surface area contributed by atoms with Gasteiger partial charge in [0.25, 0.3) is 11.8 Å². The molecule has 0 bridgehead atoms. The lowest BCUT2D eigenvalue weighted by Gasteiger charge is -2.12. The number of benzene rings is 2. The number of terminal acetylenes is 1. The van der Waals surface area contributed by atoms with Gasteiger partial charge in [0.1, 0.15) is 5.69 Å². The fourth-order valence-electron chi connectivity index (χ4n) is 4.23. The van der Waals surface area contributed by atoms with Crippen LogP contribution in [0.4, 0.5) is 24.9 Å². The van der Waals surface area contributed by atoms with Gasteiger partial charge in [-0.25, -0.2) is 19.9 Å². The Bertz CT molecular complexity index is 1860. The lowest BCUT2D eigenvalue weighted by molar-refractivity contribution is -0.137. The molecule has 0 fully saturated rings. The van der Waals surface area contributed by atoms with Crippen molar-refractivity contribution in [1.82, 2.24) is 25.1 Å². The van der Waals surface area contributed by atoms with Crippen molar-refractivity contribution in [2.45, 2.75) is 12.3 Å². The second-order valence-corrected chi connectivity index (χ2v) is 8.90. The van der Waals surface area contributed by atoms with E-state index in [0.29, 0.717) is 23.2 Å². The molecule has 0 saturated carbocycles. The minimum Gasteiger partial charge on any atom is -0.402 e. The van der Waals surface area contributed by atoms with Gasteiger partial charge in [-0.15, -0.1) is 11.5 Å². The van der Waals surface area contributed by atoms with Crippen LogP contribution in [0, 0.1) is 12.3 Å². The molecule has 206 valence electrons. The number of anilines is 2. The van der Waals surface area contributed by atoms with E-state index in [1.165, 1.54) is 12.4 Å². The zero-order valence-corrected chi connectivity index (χ0v) is 21.3. The minimum atomic E-state index is -4.67. The molecule has 42 heavy (non-hydrogen) atoms. The fourth-order valence-corrected chi connectivity index (χ4v) is 4.23. The third-order valence-corrected chi connectivity index (χ3v) is 6.19. The van der Waals surface area contributed by atoms with Crippen LogP contribution in [0.3, 0.4) is 0 Å². The third kappa shape index (κ3) is 5.16. The Morgan fingerprint density at radius 3 is 2.38 bits per heavy atom. The molecular weight excluding hydrogens is 549 g/mol. The highest BCUT2D eigenvalue weighted by molar-refractivity contribution is 6.19. The van der Waals surface area contributed by atoms with Crippen LogP contribution in [-0.2, 0) is 11.0 Å². The van der Waals surface area contributed by atoms with Crippen LogP contribution < -0.4 is 10.6 Å². The summed E-state index contributed by atoms with van der Waals surface area (Å²) in [7, 11) is 0. The molecular formula is C29H17F3N8O2. The number of alkyl halides is 3. The number of pyridine rings is 1. The van der Waals surface area contributed by atoms with Crippen molar-refractivity contribution in [3.05, 3.63) is 102 Å². The normalized spacial score (nSPS) is 14.7. The Labute approximate surface area is 235 Å². The van der Waals surface area contributed by atoms with Gasteiger partial charge in [0.2, 0.25) is 12.0 Å². The summed E-state index contributed by atoms with van der Waals surface area (Å²) in [6.45, 7) is 0. The molecule has 1 atom stereocenters. The lowest BCUT2D eigenvalue weighted by atomic mass is 10.0. The van der Waals surface area contributed by atoms with Gasteiger partial charge in [0.05, 0.1) is 17.0 Å². The largest absolute Gasteiger partial charge is 0.417 e. The summed E-state index contributed by atoms with van der Waals surface area (Å²) < 4.78 is 46.3. The lowest BCUT2D eigenvalue weighted by Crippen LogP contribution is -2.32. The quantitative estimate of drug-likeness (QED) is 0.290. The van der Waals surface area contributed by atoms with Gasteiger partial charge in [-0.3, -0.25) is 4.79 Å². The van der Waals surface area contributed by atoms with Gasteiger partial charge >= 0.3 is 12.2 Å². The van der Waals surface area contributed by atoms with E-state index in [9.17, 15) is 18.0 Å². The maximum absolute atomic E-state index is 13.5. The number of carbonyl (C=O) groups excluding carboxylic acids is 1. The van der Waals surface area contributed by atoms with Gasteiger partial charge in [-0.1, -0.05) is 53.6 Å². The summed E-state index contributed by atoms with van der Waals surface area (Å²) in [6.07, 6.45) is 2.63. The summed E-state index contributed by atoms with van der Waals surface area (Å²) in [5.74, 6) is 1.60. The van der Waals surface area contributed by atoms with Crippen molar-refractivity contribution in [3.63, 3.8) is 0 Å². The number of benzodiazepines with no additional fused rings is 1. The molecule has 0 spiro atoms. The molecule has 1 unspecified atom stereocenters. The number of hydrogen-bond donors (Lipinski definition) is 2. The maximum atomic E-state index is 13.5. The molecule has 10 nitrogen and oxygen atoms in total. The van der Waals surface area contributed by atoms with Gasteiger partial charge in [0, 0.05) is 40.8 Å². The third-order valence-electron chi connectivity index (χ3n) is 6.19. The first-order valence-corrected chi connectivity index (χ1v) is 12.3. The summed E-state index contributed by atoms with van der Waals surface area (Å²) in [5, 5.41) is 13.5. The Morgan fingerprint density at radius 2 is 1.64 bits per heavy atom. The van der Waals surface area contributed by atoms with Crippen LogP contribution in [0.15, 0.2) is 88.7 Å². The van der Waals surface area contributed by atoms with E-state index in [-0.39, 0.29) is 34.6 Å². The first-order chi connectivity index (χ1) is 20.3. The SMILES string of the molecule is C#Cc1ncc(-c2cc(C(F)(F)F)cnc2-c2nnc(NC3N=C(c4ccccc4)c4ccccc4NC3=O)o2)cn1. The minimum absolute atomic E-state index is 0.0179. The van der Waals surface area contributed by atoms with E-state index in [1.807, 2.05) is 42.5 Å². The van der Waals surface area contributed by atoms with Crippen molar-refractivity contribution in [3.8, 4) is 35.1 Å². The number of nitrogens with zero attached hydrogens (tertiary/aromatic N) is 6. The van der Waals surface area contributed by atoms with Crippen molar-refractivity contribution in [2.24, 2.45) is 4.99 Å². The molecule has 1 aliphatic rings. The first-order valence-electron chi connectivity index (χ1n) is 12.3. The standard InChI is InChI=1S/C29H17F3N8O2/c1-2-22-33-13-17(14-34-22)20-12-18(29(30,31)32)15-35-24(20)27-39-40-28(42-27)38-25-26(41)36-21-11-7-6-10-19(21)23(37-25)16-8-4-3-5-9-16/h1,3-15,25H,(H,36,41)(H,38,40). The molecule has 2 N–H and O–H groups in total. The number of halogens is 3. The van der Waals surface area contributed by atoms with Crippen LogP contribution in [0.25, 0.3) is 22.7 Å². The van der Waals surface area contributed by atoms with Crippen LogP contribution in [0.5, 0.6) is 0 Å². The van der Waals surface area contributed by atoms with Gasteiger partial charge < -0.3 is 15.1 Å². The Kier molecular flexibility index (Phi) is 6.63. The summed E-state index contributed by atoms with van der Waals surface area (Å²) in [6, 6.07) is 17.2. The van der Waals surface area contributed by atoms with E-state index in [4.69, 9.17) is 10.8 Å². The topological polar surface area (TPSA) is 131 Å². The van der Waals surface area contributed by atoms with Crippen molar-refractivity contribution in [2.75, 3.05) is 10.6 Å². The van der Waals surface area contributed by atoms with Crippen LogP contribution in [0.2, 0.25) is 0 Å². The van der Waals surface area contributed by atoms with E-state index >= 15 is 0 Å². The summed E-state index contributed by atoms with van der Waals surface area (Å²) in [5.41, 5.74) is 1.70. The molecule has 1 amide bonds. The Morgan fingerprint density at radius 1 is 0.905 bits per heavy atom. The van der Waals surface area contributed by atoms with Gasteiger partial charge in [-0.05, 0) is 18.1 Å². The number of amides is 1. The number of carbonyl (C=O) groups is 1. The number of aromatic nitrogens is 5. The Hall–Kier alpha value is -5.90. The molecule has 5 aromatic rings. The first kappa shape index (κ1) is 26.3. The molecule has 13 heteroatoms. The molecule has 3 aromatic heterocycles. The summed E-state index contributed by atoms with van der Waals surface area (Å²) in [4.78, 5) is 29.7. The molecule has 2 aromatic carbocycles. The summed E-state index contributed by atoms with van der Waals surface area (Å²) >= 11 is 0. The number of hydrogen-bond acceptors (Lipinski definition) is 9. The number of fused-ring (bicyclic) bond motifs is 1. The number of nitrogens with one attached hydrogen (secondary N) is 2. The predicted octanol–water partition coefficient (Wildman–Crippen LogP) is 4.82. The highest BCUT2D eigenvalue weighted by Gasteiger charge is 2.33. The maximum Gasteiger partial charge on any atom is 0.417 e. The van der Waals surface area contributed by atoms with Gasteiger partial charge in [0.15, 0.2) is 0 Å². The second-order valence-electron chi connectivity index (χ2n) is 8.90. The number of rotatable bonds is 5. The molecule has 0 radical (unpaired) electrons. The van der Waals surface area contributed by atoms with Crippen molar-refractivity contribution < 1.29 is 22.4 Å². The molecule has 6 rings (SSSR count). The van der Waals surface area contributed by atoms with Crippen LogP contribution in [0.1, 0.15) is 22.5 Å². The van der Waals surface area contributed by atoms with Gasteiger partial charge in [-0.2, -0.15) is 13.2 Å². The highest BCUT2D eigenvalue weighted by Crippen LogP contribution is 2.36. The number of aliphatic imine (C=N–C) groups is 1. The average molecular weight is 567 g/mol. The predicted molar refractivity (Wildman–Crippen MR) is 146 cm³/mol. The van der Waals surface area contributed by atoms with E-state index in [0.717, 1.165) is 11.6 Å². The molecule has 0 saturated heterocycles. The van der Waals surface area contributed by atoms with Crippen LogP contribution in [-0.4, -0.2) is 42.9 Å². The second kappa shape index (κ2) is 10.6. The monoisotopic (exact) mass is 566 g/mol. The van der Waals surface area contributed by atoms with E-state index in [2.05, 4.69) is 46.7 Å². The fraction of sp³-hybridized carbons (Fsp3) is 0.0690. The molecule has 4 heterocycles.